The molecule has 114 heavy (non-hydrogen) atoms. The van der Waals surface area contributed by atoms with E-state index in [9.17, 15) is 125 Å². The molecule has 2 aromatic carbocycles. The molecule has 0 aliphatic heterocycles. The van der Waals surface area contributed by atoms with Crippen LogP contribution in [0.15, 0.2) is 60.7 Å². The summed E-state index contributed by atoms with van der Waals surface area (Å²) in [6.07, 6.45) is 0.667. The third-order valence-corrected chi connectivity index (χ3v) is 445. The van der Waals surface area contributed by atoms with Crippen LogP contribution in [0.1, 0.15) is 33.6 Å². The molecular formula is C29H126O43Si42. The lowest BCUT2D eigenvalue weighted by Crippen LogP contribution is -3.14. The number of benzene rings is 2. The summed E-state index contributed by atoms with van der Waals surface area (Å²) in [5, 5.41) is 0.471. The van der Waals surface area contributed by atoms with Crippen LogP contribution < -0.4 is 10.4 Å². The minimum atomic E-state index is -8.01. The average molecular weight is 2340 g/mol. The molecule has 0 spiro atoms. The number of carbonyl (C=O) groups excluding carboxylic acids is 1. The number of esters is 1. The lowest BCUT2D eigenvalue weighted by atomic mass is 9.91. The van der Waals surface area contributed by atoms with Gasteiger partial charge in [0.15, 0.2) is 127 Å². The second kappa shape index (κ2) is 50.7. The summed E-state index contributed by atoms with van der Waals surface area (Å²) < 4.78 is 117. The number of carbonyl (C=O) groups is 1. The molecular weight excluding hydrogens is 2220 g/mol. The van der Waals surface area contributed by atoms with Crippen LogP contribution in [0.4, 0.5) is 0 Å². The van der Waals surface area contributed by atoms with E-state index in [2.05, 4.69) is 0 Å². The summed E-state index contributed by atoms with van der Waals surface area (Å²) in [6.45, 7) is -35.3. The van der Waals surface area contributed by atoms with Crippen LogP contribution in [0, 0.1) is 5.41 Å². The van der Waals surface area contributed by atoms with Gasteiger partial charge in [-0.1, -0.05) is 84.5 Å². The van der Waals surface area contributed by atoms with Gasteiger partial charge in [0.1, 0.15) is 0 Å². The molecule has 4 unspecified atom stereocenters. The molecule has 0 aliphatic rings. The zero-order valence-electron chi connectivity index (χ0n) is 66.2. The second-order valence-electron chi connectivity index (χ2n) is 29.1. The Bertz CT molecular complexity index is 2990. The molecule has 2 rings (SSSR count). The summed E-state index contributed by atoms with van der Waals surface area (Å²) in [5.41, 5.74) is -0.849. The third-order valence-electron chi connectivity index (χ3n) is 20.4. The number of ether oxygens (including phenoxy) is 1. The highest BCUT2D eigenvalue weighted by Crippen LogP contribution is 2.55. The van der Waals surface area contributed by atoms with Crippen molar-refractivity contribution < 1.29 is 196 Å². The first-order chi connectivity index (χ1) is 53.4. The van der Waals surface area contributed by atoms with Crippen LogP contribution in [0.2, 0.25) is 58.4 Å². The smallest absolute Gasteiger partial charge is 0.338 e. The van der Waals surface area contributed by atoms with Crippen molar-refractivity contribution in [2.45, 2.75) is 92.0 Å². The van der Waals surface area contributed by atoms with E-state index in [1.165, 1.54) is 19.6 Å². The third kappa shape index (κ3) is 24.2. The van der Waals surface area contributed by atoms with Crippen molar-refractivity contribution in [3.8, 4) is 0 Å². The van der Waals surface area contributed by atoms with Crippen LogP contribution >= 0.6 is 0 Å². The van der Waals surface area contributed by atoms with Crippen LogP contribution in [0.25, 0.3) is 0 Å². The van der Waals surface area contributed by atoms with E-state index in [1.54, 1.807) is 94.2 Å². The molecule has 85 heteroatoms. The summed E-state index contributed by atoms with van der Waals surface area (Å²) in [6, 6.07) is 16.0. The van der Waals surface area contributed by atoms with Crippen LogP contribution in [-0.4, -0.2) is 500 Å². The monoisotopic (exact) mass is 2340 g/mol. The van der Waals surface area contributed by atoms with E-state index < -0.39 is 374 Å². The molecule has 0 aromatic heterocycles. The fourth-order valence-electron chi connectivity index (χ4n) is 14.2. The first kappa shape index (κ1) is 115. The molecule has 2 aromatic rings. The van der Waals surface area contributed by atoms with Gasteiger partial charge in [0.25, 0.3) is 107 Å². The fraction of sp³-hybridized carbons (Fsp3) is 0.552. The molecule has 0 radical (unpaired) electrons. The topological polar surface area (TPSA) is 691 Å². The van der Waals surface area contributed by atoms with E-state index >= 15 is 4.80 Å². The van der Waals surface area contributed by atoms with Gasteiger partial charge in [-0.15, -0.1) is 0 Å². The molecule has 0 saturated carbocycles. The first-order valence-corrected chi connectivity index (χ1v) is 141. The molecule has 0 saturated heterocycles. The fourth-order valence-corrected chi connectivity index (χ4v) is 764. The van der Waals surface area contributed by atoms with Gasteiger partial charge in [0.05, 0.1) is 12.0 Å². The predicted molar refractivity (Wildman–Crippen MR) is 528 cm³/mol. The molecule has 0 bridgehead atoms. The highest BCUT2D eigenvalue weighted by Gasteiger charge is 3.00. The Balaban J connectivity index is 5.00. The number of hydrogen-bond acceptors (Lipinski definition) is 43. The van der Waals surface area contributed by atoms with Crippen LogP contribution in [0.5, 0.6) is 0 Å². The van der Waals surface area contributed by atoms with E-state index in [0.29, 0.717) is 6.42 Å². The summed E-state index contributed by atoms with van der Waals surface area (Å²) >= 11 is 0. The van der Waals surface area contributed by atoms with Gasteiger partial charge in [0.2, 0.25) is 73.9 Å². The van der Waals surface area contributed by atoms with Gasteiger partial charge in [-0.3, -0.25) is 4.79 Å². The minimum Gasteiger partial charge on any atom is -0.465 e. The lowest BCUT2D eigenvalue weighted by Gasteiger charge is -2.71. The maximum absolute atomic E-state index is 15.3. The van der Waals surface area contributed by atoms with Crippen molar-refractivity contribution in [1.82, 2.24) is 0 Å². The summed E-state index contributed by atoms with van der Waals surface area (Å²) in [5.74, 6) is -0.477. The van der Waals surface area contributed by atoms with Crippen molar-refractivity contribution in [2.24, 2.45) is 5.41 Å². The Kier molecular flexibility index (Phi) is 51.3. The van der Waals surface area contributed by atoms with Gasteiger partial charge in [-0.2, -0.15) is 0 Å². The molecule has 668 valence electrons. The summed E-state index contributed by atoms with van der Waals surface area (Å²) in [4.78, 5) is 354. The first-order valence-electron chi connectivity index (χ1n) is 35.8. The zero-order valence-corrected chi connectivity index (χ0v) is 118. The predicted octanol–water partition coefficient (Wildman–Crippen LogP) is -35.9. The van der Waals surface area contributed by atoms with Crippen LogP contribution in [0.3, 0.4) is 0 Å². The van der Waals surface area contributed by atoms with Gasteiger partial charge in [0, 0.05) is 0 Å². The molecule has 26 N–H and O–H groups in total. The second-order valence-corrected chi connectivity index (χ2v) is 267. The highest BCUT2D eigenvalue weighted by atomic mass is 30.5. The average Bonchev–Trinajstić information content (AvgIpc) is 0.636. The highest BCUT2D eigenvalue weighted by molar-refractivity contribution is 8.24. The Morgan fingerprint density at radius 3 is 1.00 bits per heavy atom. The Hall–Kier alpha value is 5.38. The standard InChI is InChI=1S/C29H126O43Si42/c1-12-29(2,3)28(30)57-24-19-25-98(5,6)65-97(4)66-100(9,10)68-106(113(109(89-47,90-48)62-77-35,110(91-49,92-50)63-78-36)70-103(81-39,82-40)58-73-31,114(111(93-51,94-52)64-79-37,71-104(83-41,84-42)59-74-32)112(95-53,96-54)67-99(7,8)55)72-105(107(85-43,86-44)60-75-33,108(87-45,88-46)61-76-34)69-102(56,80-38)101(11,26-20-15-13-16-21-26)27-22-17-14-18-23-27/h13-18,20-23,31-56,97H,12,19,24-25,73-96H2,1-11H3. The maximum atomic E-state index is 15.3. The summed E-state index contributed by atoms with van der Waals surface area (Å²) in [7, 11) is -143. The molecule has 4 atom stereocenters. The van der Waals surface area contributed by atoms with Crippen molar-refractivity contribution in [2.75, 3.05) is 6.61 Å². The zero-order chi connectivity index (χ0) is 87.5. The SMILES string of the molecule is CCC(C)(C)C(=O)OCCC[Si](C)(C)O[SiH](C)O[Si](C)(C)O[Si](O[Si](O[Si](O)([SiH2]O)[Si](C)(c1ccccc1)c1ccccc1)([Si](O[SiH2]O)([SiH2]O)[SiH2]O)[Si](O[SiH2]O)([SiH2]O)[SiH2]O)([Si](O[Si](O[SiH2]O)([SiH2]O)[SiH2]O)([Si](O[SiH2]O)([SiH2]O)[SiH2]O)[Si](O[SiH2]O)([SiH2]O)[SiH2]O)[Si](O[Si](O[SiH2]O)([SiH2]O)[SiH2]O)([Si](O[SiH2]O)([SiH2]O)[SiH2]O)[Si](O[Si](C)(C)O)([SiH2]O)[SiH2]O. The van der Waals surface area contributed by atoms with Gasteiger partial charge < -0.3 is 191 Å². The molecule has 0 amide bonds. The van der Waals surface area contributed by atoms with E-state index in [1.807, 2.05) is 6.92 Å². The van der Waals surface area contributed by atoms with Crippen molar-refractivity contribution >= 4 is 379 Å². The molecule has 0 heterocycles. The van der Waals surface area contributed by atoms with Crippen molar-refractivity contribution in [1.29, 1.82) is 0 Å². The Morgan fingerprint density at radius 1 is 0.386 bits per heavy atom. The van der Waals surface area contributed by atoms with Gasteiger partial charge in [-0.05, 0) is 78.6 Å². The van der Waals surface area contributed by atoms with E-state index in [4.69, 9.17) is 66.5 Å². The minimum absolute atomic E-state index is 0.0750. The van der Waals surface area contributed by atoms with Crippen molar-refractivity contribution in [3.63, 3.8) is 0 Å². The van der Waals surface area contributed by atoms with Gasteiger partial charge in [-0.25, -0.2) is 0 Å². The Morgan fingerprint density at radius 2 is 0.711 bits per heavy atom. The van der Waals surface area contributed by atoms with E-state index in [-0.39, 0.29) is 29.4 Å². The maximum Gasteiger partial charge on any atom is 0.338 e. The Labute approximate surface area is 732 Å². The normalized spacial score (nSPS) is 22.8. The lowest BCUT2D eigenvalue weighted by molar-refractivity contribution is -0.154. The van der Waals surface area contributed by atoms with E-state index in [0.717, 1.165) is 13.1 Å². The largest absolute Gasteiger partial charge is 0.465 e. The molecule has 43 nitrogen and oxygen atoms in total. The quantitative estimate of drug-likeness (QED) is 0.0166. The number of rotatable bonds is 64. The van der Waals surface area contributed by atoms with Crippen molar-refractivity contribution in [3.05, 3.63) is 60.7 Å². The van der Waals surface area contributed by atoms with Gasteiger partial charge >= 0.3 is 61.1 Å². The molecule has 0 fully saturated rings. The number of hydrogen-bond donors (Lipinski definition) is 26. The van der Waals surface area contributed by atoms with Crippen LogP contribution in [-0.2, 0) is 71.3 Å². The molecule has 0 aliphatic carbocycles.